The molecule has 1 atom stereocenters. The number of rotatable bonds is 5. The molecule has 0 aliphatic carbocycles. The van der Waals surface area contributed by atoms with Gasteiger partial charge in [0.2, 0.25) is 0 Å². The van der Waals surface area contributed by atoms with Gasteiger partial charge in [-0.05, 0) is 19.3 Å². The Hall–Kier alpha value is -1.64. The Bertz CT molecular complexity index is 621. The minimum absolute atomic E-state index is 0.111. The van der Waals surface area contributed by atoms with Gasteiger partial charge in [-0.15, -0.1) is 22.0 Å². The smallest absolute Gasteiger partial charge is 0.300 e. The van der Waals surface area contributed by atoms with Gasteiger partial charge in [0.1, 0.15) is 17.6 Å². The molecule has 0 bridgehead atoms. The van der Waals surface area contributed by atoms with Crippen molar-refractivity contribution in [3.05, 3.63) is 17.7 Å². The zero-order valence-corrected chi connectivity index (χ0v) is 12.9. The molecule has 0 aromatic carbocycles. The number of aryl methyl sites for hydroxylation is 1. The van der Waals surface area contributed by atoms with Crippen LogP contribution in [-0.4, -0.2) is 39.2 Å². The highest BCUT2D eigenvalue weighted by Crippen LogP contribution is 2.30. The number of halogens is 3. The molecule has 0 amide bonds. The van der Waals surface area contributed by atoms with Gasteiger partial charge in [0.05, 0.1) is 11.4 Å². The van der Waals surface area contributed by atoms with Crippen molar-refractivity contribution in [2.75, 3.05) is 6.26 Å². The second-order valence-corrected chi connectivity index (χ2v) is 5.65. The molecular formula is C13H15F3N4OS. The normalized spacial score (nSPS) is 17.9. The molecule has 2 heterocycles. The Morgan fingerprint density at radius 2 is 2.14 bits per heavy atom. The Balaban J connectivity index is 2.14. The fourth-order valence-corrected chi connectivity index (χ4v) is 2.73. The highest BCUT2D eigenvalue weighted by molar-refractivity contribution is 8.07. The van der Waals surface area contributed by atoms with E-state index < -0.39 is 30.8 Å². The standard InChI is InChI=1S/C13H15F3N4OS/c1-8-18-19-12-10(7-9(21)3-5-13(14,15)16)17-6-4-11(22-2)20(8)12/h4,6,10H,3,5,7H2,1-2H3/t10-/m0/s1. The number of aromatic nitrogens is 3. The third-order valence-corrected chi connectivity index (χ3v) is 3.91. The van der Waals surface area contributed by atoms with Crippen molar-refractivity contribution in [2.45, 2.75) is 38.4 Å². The summed E-state index contributed by atoms with van der Waals surface area (Å²) >= 11 is 1.47. The maximum Gasteiger partial charge on any atom is 0.389 e. The molecule has 0 radical (unpaired) electrons. The summed E-state index contributed by atoms with van der Waals surface area (Å²) in [7, 11) is 0. The van der Waals surface area contributed by atoms with Crippen LogP contribution in [0, 0.1) is 6.92 Å². The van der Waals surface area contributed by atoms with E-state index in [0.717, 1.165) is 5.03 Å². The number of ketones is 1. The summed E-state index contributed by atoms with van der Waals surface area (Å²) in [5, 5.41) is 8.86. The first-order valence-electron chi connectivity index (χ1n) is 6.60. The zero-order valence-electron chi connectivity index (χ0n) is 12.1. The Morgan fingerprint density at radius 3 is 2.77 bits per heavy atom. The van der Waals surface area contributed by atoms with Crippen molar-refractivity contribution in [2.24, 2.45) is 4.99 Å². The summed E-state index contributed by atoms with van der Waals surface area (Å²) < 4.78 is 38.3. The van der Waals surface area contributed by atoms with E-state index in [1.165, 1.54) is 11.8 Å². The molecule has 1 aliphatic rings. The molecule has 0 saturated carbocycles. The van der Waals surface area contributed by atoms with Crippen LogP contribution in [0.4, 0.5) is 13.2 Å². The number of hydrogen-bond acceptors (Lipinski definition) is 5. The number of hydrogen-bond donors (Lipinski definition) is 0. The number of fused-ring (bicyclic) bond motifs is 1. The van der Waals surface area contributed by atoms with E-state index in [1.54, 1.807) is 23.8 Å². The number of carbonyl (C=O) groups excluding carboxylic acids is 1. The van der Waals surface area contributed by atoms with Crippen molar-refractivity contribution < 1.29 is 18.0 Å². The van der Waals surface area contributed by atoms with E-state index in [-0.39, 0.29) is 6.42 Å². The minimum atomic E-state index is -4.33. The number of aliphatic imine (C=N–C) groups is 1. The SMILES string of the molecule is CSC1=CC=N[C@@H](CC(=O)CCC(F)(F)F)c2nnc(C)n21. The highest BCUT2D eigenvalue weighted by Gasteiger charge is 2.30. The van der Waals surface area contributed by atoms with Gasteiger partial charge in [0, 0.05) is 19.1 Å². The van der Waals surface area contributed by atoms with Crippen LogP contribution in [0.1, 0.15) is 37.0 Å². The molecule has 0 spiro atoms. The fourth-order valence-electron chi connectivity index (χ4n) is 2.12. The monoisotopic (exact) mass is 332 g/mol. The minimum Gasteiger partial charge on any atom is -0.300 e. The number of Topliss-reactive ketones (excluding diaryl/α,β-unsaturated/α-hetero) is 1. The third-order valence-electron chi connectivity index (χ3n) is 3.17. The molecule has 0 unspecified atom stereocenters. The van der Waals surface area contributed by atoms with Gasteiger partial charge in [-0.1, -0.05) is 0 Å². The van der Waals surface area contributed by atoms with Crippen molar-refractivity contribution >= 4 is 28.8 Å². The molecule has 22 heavy (non-hydrogen) atoms. The molecule has 1 aromatic rings. The Morgan fingerprint density at radius 1 is 1.41 bits per heavy atom. The van der Waals surface area contributed by atoms with Crippen molar-refractivity contribution in [3.8, 4) is 0 Å². The number of thioether (sulfide) groups is 1. The second kappa shape index (κ2) is 6.64. The zero-order chi connectivity index (χ0) is 16.3. The summed E-state index contributed by atoms with van der Waals surface area (Å²) in [5.74, 6) is 0.639. The number of allylic oxidation sites excluding steroid dienone is 1. The van der Waals surface area contributed by atoms with Crippen LogP contribution in [0.25, 0.3) is 5.03 Å². The van der Waals surface area contributed by atoms with Gasteiger partial charge in [-0.25, -0.2) is 0 Å². The molecule has 0 fully saturated rings. The van der Waals surface area contributed by atoms with E-state index in [1.807, 2.05) is 6.26 Å². The Labute approximate surface area is 129 Å². The number of carbonyl (C=O) groups is 1. The molecule has 120 valence electrons. The average molecular weight is 332 g/mol. The summed E-state index contributed by atoms with van der Waals surface area (Å²) in [5.41, 5.74) is 0. The molecule has 0 N–H and O–H groups in total. The highest BCUT2D eigenvalue weighted by atomic mass is 32.2. The van der Waals surface area contributed by atoms with Crippen LogP contribution < -0.4 is 0 Å². The molecule has 5 nitrogen and oxygen atoms in total. The van der Waals surface area contributed by atoms with E-state index >= 15 is 0 Å². The van der Waals surface area contributed by atoms with Crippen LogP contribution in [0.15, 0.2) is 11.1 Å². The maximum absolute atomic E-state index is 12.2. The number of nitrogens with zero attached hydrogens (tertiary/aromatic N) is 4. The predicted molar refractivity (Wildman–Crippen MR) is 78.7 cm³/mol. The van der Waals surface area contributed by atoms with Crippen LogP contribution in [0.5, 0.6) is 0 Å². The van der Waals surface area contributed by atoms with Crippen LogP contribution in [-0.2, 0) is 4.79 Å². The van der Waals surface area contributed by atoms with Crippen LogP contribution in [0.3, 0.4) is 0 Å². The first kappa shape index (κ1) is 16.7. The molecule has 2 rings (SSSR count). The molecule has 9 heteroatoms. The van der Waals surface area contributed by atoms with Gasteiger partial charge in [-0.2, -0.15) is 13.2 Å². The van der Waals surface area contributed by atoms with E-state index in [2.05, 4.69) is 15.2 Å². The average Bonchev–Trinajstić information content (AvgIpc) is 2.72. The predicted octanol–water partition coefficient (Wildman–Crippen LogP) is 3.18. The van der Waals surface area contributed by atoms with Gasteiger partial charge >= 0.3 is 6.18 Å². The Kier molecular flexibility index (Phi) is 5.05. The van der Waals surface area contributed by atoms with Gasteiger partial charge in [0.25, 0.3) is 0 Å². The van der Waals surface area contributed by atoms with E-state index in [4.69, 9.17) is 0 Å². The first-order valence-corrected chi connectivity index (χ1v) is 7.82. The van der Waals surface area contributed by atoms with Crippen molar-refractivity contribution in [1.82, 2.24) is 14.8 Å². The van der Waals surface area contributed by atoms with Crippen molar-refractivity contribution in [1.29, 1.82) is 0 Å². The molecule has 1 aromatic heterocycles. The lowest BCUT2D eigenvalue weighted by molar-refractivity contribution is -0.143. The fraction of sp³-hybridized carbons (Fsp3) is 0.538. The molecule has 1 aliphatic heterocycles. The molecule has 0 saturated heterocycles. The maximum atomic E-state index is 12.2. The van der Waals surface area contributed by atoms with Gasteiger partial charge in [-0.3, -0.25) is 14.4 Å². The first-order chi connectivity index (χ1) is 10.3. The second-order valence-electron chi connectivity index (χ2n) is 4.82. The van der Waals surface area contributed by atoms with Crippen LogP contribution >= 0.6 is 11.8 Å². The summed E-state index contributed by atoms with van der Waals surface area (Å²) in [4.78, 5) is 16.0. The summed E-state index contributed by atoms with van der Waals surface area (Å²) in [6, 6.07) is -0.608. The number of alkyl halides is 3. The van der Waals surface area contributed by atoms with Gasteiger partial charge < -0.3 is 0 Å². The lowest BCUT2D eigenvalue weighted by Gasteiger charge is -2.13. The summed E-state index contributed by atoms with van der Waals surface area (Å²) in [6.07, 6.45) is -0.870. The van der Waals surface area contributed by atoms with Gasteiger partial charge in [0.15, 0.2) is 5.82 Å². The third kappa shape index (κ3) is 3.96. The lowest BCUT2D eigenvalue weighted by Crippen LogP contribution is -2.14. The quantitative estimate of drug-likeness (QED) is 0.831. The topological polar surface area (TPSA) is 60.1 Å². The summed E-state index contributed by atoms with van der Waals surface area (Å²) in [6.45, 7) is 1.77. The van der Waals surface area contributed by atoms with Crippen molar-refractivity contribution in [3.63, 3.8) is 0 Å². The van der Waals surface area contributed by atoms with E-state index in [9.17, 15) is 18.0 Å². The van der Waals surface area contributed by atoms with E-state index in [0.29, 0.717) is 11.6 Å². The lowest BCUT2D eigenvalue weighted by atomic mass is 10.1. The van der Waals surface area contributed by atoms with Crippen LogP contribution in [0.2, 0.25) is 0 Å². The molecular weight excluding hydrogens is 317 g/mol. The largest absolute Gasteiger partial charge is 0.389 e.